The number of rotatable bonds is 23. The van der Waals surface area contributed by atoms with Gasteiger partial charge >= 0.3 is 0 Å². The van der Waals surface area contributed by atoms with Crippen molar-refractivity contribution < 1.29 is 24.5 Å². The maximum Gasteiger partial charge on any atom is 0.243 e. The molecule has 2 aliphatic heterocycles. The Morgan fingerprint density at radius 3 is 2.11 bits per heavy atom. The number of hydrogen-bond donors (Lipinski definition) is 4. The summed E-state index contributed by atoms with van der Waals surface area (Å²) in [7, 11) is 0. The Labute approximate surface area is 424 Å². The van der Waals surface area contributed by atoms with E-state index in [2.05, 4.69) is 70.5 Å². The third kappa shape index (κ3) is 14.7. The number of halogens is 1. The van der Waals surface area contributed by atoms with Crippen molar-refractivity contribution in [3.8, 4) is 21.9 Å². The first-order chi connectivity index (χ1) is 33.9. The van der Waals surface area contributed by atoms with Crippen molar-refractivity contribution in [3.05, 3.63) is 137 Å². The van der Waals surface area contributed by atoms with Crippen LogP contribution in [-0.2, 0) is 16.1 Å². The van der Waals surface area contributed by atoms with Gasteiger partial charge in [0.2, 0.25) is 11.8 Å². The highest BCUT2D eigenvalue weighted by Crippen LogP contribution is 2.36. The van der Waals surface area contributed by atoms with Gasteiger partial charge in [0.15, 0.2) is 0 Å². The molecule has 2 aliphatic rings. The van der Waals surface area contributed by atoms with E-state index in [4.69, 9.17) is 16.3 Å². The number of aromatic hydroxyl groups is 1. The number of carbonyl (C=O) groups is 2. The summed E-state index contributed by atoms with van der Waals surface area (Å²) in [4.78, 5) is 39.7. The number of aliphatic hydroxyl groups is 1. The molecule has 1 unspecified atom stereocenters. The van der Waals surface area contributed by atoms with Crippen molar-refractivity contribution in [1.29, 1.82) is 0 Å². The van der Waals surface area contributed by atoms with Crippen LogP contribution in [0.1, 0.15) is 93.7 Å². The van der Waals surface area contributed by atoms with Crippen molar-refractivity contribution in [3.63, 3.8) is 0 Å². The maximum atomic E-state index is 14.1. The standard InChI is InChI=1S/C57H73ClN6O5S/c1-41-53(70-40-61-41)46-17-15-42(16-18-46)38-60-55(67)51-37-48(66)39-64(51)56(68)54(57(2,3)4)59-29-11-6-5-7-12-30-62-31-33-63(34-32-62)35-36-69-49-25-21-45(22-26-49)52(44-19-23-47(65)24-20-44)50(27-28-58)43-13-9-8-10-14-43/h8-10,13-26,40,48,51,54,59,65-66H,5-7,11-12,27-39H2,1-4H3,(H,60,67)/t48-,51+,54?/m1/s1. The zero-order valence-electron chi connectivity index (χ0n) is 41.5. The lowest BCUT2D eigenvalue weighted by Gasteiger charge is -2.35. The van der Waals surface area contributed by atoms with Crippen LogP contribution in [0.2, 0.25) is 0 Å². The van der Waals surface area contributed by atoms with E-state index in [0.29, 0.717) is 25.5 Å². The number of nitrogens with zero attached hydrogens (tertiary/aromatic N) is 4. The van der Waals surface area contributed by atoms with Gasteiger partial charge in [-0.2, -0.15) is 0 Å². The number of benzene rings is 4. The molecule has 4 aromatic carbocycles. The van der Waals surface area contributed by atoms with Gasteiger partial charge in [-0.3, -0.25) is 14.5 Å². The van der Waals surface area contributed by atoms with Gasteiger partial charge in [0.25, 0.3) is 0 Å². The van der Waals surface area contributed by atoms with Crippen molar-refractivity contribution in [2.24, 2.45) is 5.41 Å². The second kappa shape index (κ2) is 25.9. The molecule has 70 heavy (non-hydrogen) atoms. The molecule has 2 fully saturated rings. The van der Waals surface area contributed by atoms with Crippen LogP contribution in [0.3, 0.4) is 0 Å². The molecule has 5 aromatic rings. The molecule has 2 saturated heterocycles. The van der Waals surface area contributed by atoms with Gasteiger partial charge in [0.1, 0.15) is 24.1 Å². The topological polar surface area (TPSA) is 130 Å². The molecule has 0 radical (unpaired) electrons. The van der Waals surface area contributed by atoms with Crippen molar-refractivity contribution in [2.45, 2.75) is 97.4 Å². The third-order valence-corrected chi connectivity index (χ3v) is 14.8. The number of nitrogens with one attached hydrogen (secondary N) is 2. The van der Waals surface area contributed by atoms with Crippen LogP contribution in [0.5, 0.6) is 11.5 Å². The monoisotopic (exact) mass is 989 g/mol. The smallest absolute Gasteiger partial charge is 0.243 e. The summed E-state index contributed by atoms with van der Waals surface area (Å²) in [6.07, 6.45) is 5.78. The van der Waals surface area contributed by atoms with Crippen LogP contribution in [-0.4, -0.2) is 125 Å². The van der Waals surface area contributed by atoms with E-state index in [1.54, 1.807) is 28.4 Å². The average Bonchev–Trinajstić information content (AvgIpc) is 3.98. The van der Waals surface area contributed by atoms with Crippen LogP contribution in [0, 0.1) is 12.3 Å². The van der Waals surface area contributed by atoms with E-state index < -0.39 is 18.2 Å². The molecule has 4 N–H and O–H groups in total. The van der Waals surface area contributed by atoms with Crippen molar-refractivity contribution >= 4 is 45.9 Å². The molecule has 3 atom stereocenters. The Morgan fingerprint density at radius 1 is 0.829 bits per heavy atom. The number of carbonyl (C=O) groups excluding carboxylic acids is 2. The van der Waals surface area contributed by atoms with Crippen LogP contribution in [0.15, 0.2) is 109 Å². The van der Waals surface area contributed by atoms with Crippen LogP contribution in [0.25, 0.3) is 21.6 Å². The Morgan fingerprint density at radius 2 is 1.47 bits per heavy atom. The molecule has 3 heterocycles. The van der Waals surface area contributed by atoms with Crippen molar-refractivity contribution in [2.75, 3.05) is 64.8 Å². The molecule has 0 bridgehead atoms. The van der Waals surface area contributed by atoms with E-state index in [0.717, 1.165) is 120 Å². The highest BCUT2D eigenvalue weighted by Gasteiger charge is 2.43. The second-order valence-corrected chi connectivity index (χ2v) is 21.1. The Hall–Kier alpha value is -5.08. The van der Waals surface area contributed by atoms with E-state index >= 15 is 0 Å². The highest BCUT2D eigenvalue weighted by atomic mass is 35.5. The first-order valence-electron chi connectivity index (χ1n) is 25.2. The number of phenols is 1. The van der Waals surface area contributed by atoms with E-state index in [1.165, 1.54) is 12.8 Å². The molecular formula is C57H73ClN6O5S. The number of aliphatic hydroxyl groups excluding tert-OH is 1. The first kappa shape index (κ1) is 52.7. The summed E-state index contributed by atoms with van der Waals surface area (Å²) < 4.78 is 6.25. The van der Waals surface area contributed by atoms with Gasteiger partial charge < -0.3 is 35.4 Å². The number of hydrogen-bond acceptors (Lipinski definition) is 10. The Balaban J connectivity index is 0.776. The van der Waals surface area contributed by atoms with Crippen LogP contribution >= 0.6 is 22.9 Å². The number of thiazole rings is 1. The average molecular weight is 990 g/mol. The highest BCUT2D eigenvalue weighted by molar-refractivity contribution is 7.13. The minimum atomic E-state index is -0.735. The number of unbranched alkanes of at least 4 members (excludes halogenated alkanes) is 4. The largest absolute Gasteiger partial charge is 0.508 e. The molecule has 0 saturated carbocycles. The summed E-state index contributed by atoms with van der Waals surface area (Å²) in [6, 6.07) is 33.0. The molecule has 0 aliphatic carbocycles. The fourth-order valence-electron chi connectivity index (χ4n) is 9.67. The molecule has 13 heteroatoms. The van der Waals surface area contributed by atoms with Gasteiger partial charge in [-0.25, -0.2) is 4.98 Å². The lowest BCUT2D eigenvalue weighted by Crippen LogP contribution is -2.56. The van der Waals surface area contributed by atoms with Gasteiger partial charge in [-0.05, 0) is 108 Å². The molecule has 2 amide bonds. The SMILES string of the molecule is Cc1ncsc1-c1ccc(CNC(=O)[C@@H]2C[C@@H](O)CN2C(=O)C(NCCCCCCCN2CCN(CCOc3ccc(C(=C(CCCl)c4ccccc4)c4ccc(O)cc4)cc3)CC2)C(C)(C)C)cc1. The molecule has 11 nitrogen and oxygen atoms in total. The number of alkyl halides is 1. The normalized spacial score (nSPS) is 17.6. The lowest BCUT2D eigenvalue weighted by molar-refractivity contribution is -0.142. The zero-order valence-corrected chi connectivity index (χ0v) is 43.1. The Bertz CT molecular complexity index is 2430. The number of aryl methyl sites for hydroxylation is 1. The van der Waals surface area contributed by atoms with Gasteiger partial charge in [-0.15, -0.1) is 22.9 Å². The number of phenolic OH excluding ortho intramolecular Hbond substituents is 1. The van der Waals surface area contributed by atoms with Crippen LogP contribution in [0.4, 0.5) is 0 Å². The van der Waals surface area contributed by atoms with Gasteiger partial charge in [0, 0.05) is 58.1 Å². The Kier molecular flexibility index (Phi) is 19.5. The summed E-state index contributed by atoms with van der Waals surface area (Å²) in [6.45, 7) is 16.2. The van der Waals surface area contributed by atoms with Gasteiger partial charge in [0.05, 0.1) is 28.2 Å². The maximum absolute atomic E-state index is 14.1. The molecule has 7 rings (SSSR count). The van der Waals surface area contributed by atoms with E-state index in [1.807, 2.05) is 79.2 Å². The number of allylic oxidation sites excluding steroid dienone is 1. The van der Waals surface area contributed by atoms with E-state index in [-0.39, 0.29) is 35.9 Å². The van der Waals surface area contributed by atoms with Crippen LogP contribution < -0.4 is 15.4 Å². The summed E-state index contributed by atoms with van der Waals surface area (Å²) >= 11 is 7.95. The fraction of sp³-hybridized carbons (Fsp3) is 0.456. The molecule has 374 valence electrons. The van der Waals surface area contributed by atoms with E-state index in [9.17, 15) is 19.8 Å². The zero-order chi connectivity index (χ0) is 49.5. The lowest BCUT2D eigenvalue weighted by atomic mass is 9.85. The van der Waals surface area contributed by atoms with Gasteiger partial charge in [-0.1, -0.05) is 119 Å². The molecular weight excluding hydrogens is 916 g/mol. The van der Waals surface area contributed by atoms with Crippen molar-refractivity contribution in [1.82, 2.24) is 30.3 Å². The summed E-state index contributed by atoms with van der Waals surface area (Å²) in [5.74, 6) is 1.22. The molecule has 1 aromatic heterocycles. The number of aromatic nitrogens is 1. The molecule has 0 spiro atoms. The fourth-order valence-corrected chi connectivity index (χ4v) is 10.7. The quantitative estimate of drug-likeness (QED) is 0.0287. The number of amides is 2. The number of piperazine rings is 1. The summed E-state index contributed by atoms with van der Waals surface area (Å²) in [5.41, 5.74) is 10.0. The number of β-amino-alcohol motifs (C(OH)–C–C–N with tert-alkyl or cyclic N) is 1. The number of ether oxygens (including phenoxy) is 1. The summed E-state index contributed by atoms with van der Waals surface area (Å²) in [5, 5.41) is 27.2. The third-order valence-electron chi connectivity index (χ3n) is 13.6. The first-order valence-corrected chi connectivity index (χ1v) is 26.6. The predicted molar refractivity (Wildman–Crippen MR) is 285 cm³/mol. The minimum absolute atomic E-state index is 0.127. The number of likely N-dealkylation sites (tertiary alicyclic amines) is 1. The second-order valence-electron chi connectivity index (χ2n) is 19.9. The predicted octanol–water partition coefficient (Wildman–Crippen LogP) is 9.64. The minimum Gasteiger partial charge on any atom is -0.508 e.